The highest BCUT2D eigenvalue weighted by atomic mass is 32.2. The van der Waals surface area contributed by atoms with E-state index in [-0.39, 0.29) is 22.7 Å². The second-order valence-electron chi connectivity index (χ2n) is 9.67. The van der Waals surface area contributed by atoms with Crippen molar-refractivity contribution in [3.63, 3.8) is 0 Å². The molecule has 0 amide bonds. The second kappa shape index (κ2) is 9.23. The minimum atomic E-state index is -0.164. The lowest BCUT2D eigenvalue weighted by Crippen LogP contribution is -2.29. The maximum Gasteiger partial charge on any atom is 0.174 e. The summed E-state index contributed by atoms with van der Waals surface area (Å²) in [6.45, 7) is 10.0. The van der Waals surface area contributed by atoms with Crippen LogP contribution in [0.3, 0.4) is 0 Å². The molecule has 0 fully saturated rings. The Balaban J connectivity index is 1.66. The molecule has 0 saturated carbocycles. The lowest BCUT2D eigenvalue weighted by atomic mass is 9.74. The summed E-state index contributed by atoms with van der Waals surface area (Å²) in [5.74, 6) is 0.242. The normalized spacial score (nSPS) is 14.5. The van der Waals surface area contributed by atoms with Crippen molar-refractivity contribution in [3.05, 3.63) is 75.7 Å². The molecular weight excluding hydrogens is 442 g/mol. The number of rotatable bonds is 6. The summed E-state index contributed by atoms with van der Waals surface area (Å²) in [4.78, 5) is 30.9. The second-order valence-corrected chi connectivity index (χ2v) is 10.6. The van der Waals surface area contributed by atoms with Crippen molar-refractivity contribution in [2.24, 2.45) is 5.41 Å². The third-order valence-corrected chi connectivity index (χ3v) is 7.43. The molecule has 1 aromatic carbocycles. The van der Waals surface area contributed by atoms with Gasteiger partial charge in [-0.05, 0) is 55.9 Å². The van der Waals surface area contributed by atoms with Gasteiger partial charge in [-0.2, -0.15) is 5.26 Å². The highest BCUT2D eigenvalue weighted by Crippen LogP contribution is 2.38. The van der Waals surface area contributed by atoms with E-state index in [2.05, 4.69) is 24.5 Å². The summed E-state index contributed by atoms with van der Waals surface area (Å²) >= 11 is 1.29. The third-order valence-electron chi connectivity index (χ3n) is 6.46. The number of aryl methyl sites for hydroxylation is 1. The number of pyridine rings is 1. The van der Waals surface area contributed by atoms with Crippen LogP contribution in [0, 0.1) is 30.6 Å². The van der Waals surface area contributed by atoms with Crippen LogP contribution in [-0.4, -0.2) is 26.9 Å². The summed E-state index contributed by atoms with van der Waals surface area (Å²) in [5, 5.41) is 10.5. The van der Waals surface area contributed by atoms with E-state index in [0.717, 1.165) is 28.3 Å². The summed E-state index contributed by atoms with van der Waals surface area (Å²) in [6, 6.07) is 14.2. The van der Waals surface area contributed by atoms with Crippen LogP contribution in [0.4, 0.5) is 0 Å². The number of hydrogen-bond donors (Lipinski definition) is 0. The van der Waals surface area contributed by atoms with E-state index in [1.54, 1.807) is 0 Å². The molecule has 2 aromatic heterocycles. The molecule has 3 aromatic rings. The molecule has 5 nitrogen and oxygen atoms in total. The summed E-state index contributed by atoms with van der Waals surface area (Å²) in [7, 11) is 0. The molecule has 6 heteroatoms. The SMILES string of the molecule is CCc1c(C#N)c(SCC(=O)c2cc(C)n(-c3ccccc3)c2C)nc2c1C(=O)CC(C)(C)C2. The summed E-state index contributed by atoms with van der Waals surface area (Å²) < 4.78 is 2.08. The standard InChI is InChI=1S/C28H29N3O2S/c1-6-20-22(15-29)27(30-23-13-28(4,5)14-24(32)26(20)23)34-16-25(33)21-12-17(2)31(18(21)3)19-10-8-7-9-11-19/h7-12H,6,13-14,16H2,1-5H3. The van der Waals surface area contributed by atoms with Gasteiger partial charge in [0.05, 0.1) is 17.0 Å². The Morgan fingerprint density at radius 1 is 1.21 bits per heavy atom. The van der Waals surface area contributed by atoms with E-state index in [9.17, 15) is 14.9 Å². The van der Waals surface area contributed by atoms with Gasteiger partial charge in [-0.1, -0.05) is 50.7 Å². The van der Waals surface area contributed by atoms with Crippen LogP contribution in [0.25, 0.3) is 5.69 Å². The predicted molar refractivity (Wildman–Crippen MR) is 135 cm³/mol. The molecular formula is C28H29N3O2S. The maximum atomic E-state index is 13.2. The van der Waals surface area contributed by atoms with Gasteiger partial charge in [-0.3, -0.25) is 9.59 Å². The monoisotopic (exact) mass is 471 g/mol. The third kappa shape index (κ3) is 4.33. The highest BCUT2D eigenvalue weighted by Gasteiger charge is 2.35. The fraction of sp³-hybridized carbons (Fsp3) is 0.357. The Kier molecular flexibility index (Phi) is 6.51. The molecule has 0 atom stereocenters. The molecule has 174 valence electrons. The van der Waals surface area contributed by atoms with Crippen molar-refractivity contribution in [1.82, 2.24) is 9.55 Å². The number of nitrogens with zero attached hydrogens (tertiary/aromatic N) is 3. The molecule has 1 aliphatic carbocycles. The number of thioether (sulfide) groups is 1. The Bertz CT molecular complexity index is 1330. The van der Waals surface area contributed by atoms with Crippen molar-refractivity contribution in [2.75, 3.05) is 5.75 Å². The first kappa shape index (κ1) is 24.0. The predicted octanol–water partition coefficient (Wildman–Crippen LogP) is 6.05. The quantitative estimate of drug-likeness (QED) is 0.323. The van der Waals surface area contributed by atoms with Crippen molar-refractivity contribution in [3.8, 4) is 11.8 Å². The first-order valence-corrected chi connectivity index (χ1v) is 12.5. The van der Waals surface area contributed by atoms with E-state index >= 15 is 0 Å². The number of benzene rings is 1. The number of aromatic nitrogens is 2. The number of Topliss-reactive ketones (excluding diaryl/α,β-unsaturated/α-hetero) is 2. The van der Waals surface area contributed by atoms with Gasteiger partial charge in [0.25, 0.3) is 0 Å². The van der Waals surface area contributed by atoms with Gasteiger partial charge in [0.15, 0.2) is 11.6 Å². The van der Waals surface area contributed by atoms with Gasteiger partial charge in [0.2, 0.25) is 0 Å². The van der Waals surface area contributed by atoms with Crippen LogP contribution in [0.15, 0.2) is 41.4 Å². The number of nitriles is 1. The minimum absolute atomic E-state index is 0.00172. The van der Waals surface area contributed by atoms with Crippen molar-refractivity contribution >= 4 is 23.3 Å². The van der Waals surface area contributed by atoms with Crippen LogP contribution in [0.1, 0.15) is 76.1 Å². The Labute approximate surface area is 205 Å². The molecule has 0 bridgehead atoms. The van der Waals surface area contributed by atoms with Gasteiger partial charge in [0.1, 0.15) is 11.1 Å². The maximum absolute atomic E-state index is 13.2. The average Bonchev–Trinajstić information content (AvgIpc) is 3.09. The lowest BCUT2D eigenvalue weighted by Gasteiger charge is -2.31. The van der Waals surface area contributed by atoms with E-state index in [4.69, 9.17) is 4.98 Å². The number of fused-ring (bicyclic) bond motifs is 1. The topological polar surface area (TPSA) is 75.8 Å². The van der Waals surface area contributed by atoms with Crippen molar-refractivity contribution in [1.29, 1.82) is 5.26 Å². The summed E-state index contributed by atoms with van der Waals surface area (Å²) in [5.41, 5.74) is 6.01. The van der Waals surface area contributed by atoms with E-state index in [0.29, 0.717) is 41.0 Å². The number of ketones is 2. The van der Waals surface area contributed by atoms with Crippen LogP contribution >= 0.6 is 11.8 Å². The molecule has 1 aliphatic rings. The van der Waals surface area contributed by atoms with Crippen LogP contribution < -0.4 is 0 Å². The Morgan fingerprint density at radius 3 is 2.56 bits per heavy atom. The molecule has 0 spiro atoms. The fourth-order valence-corrected chi connectivity index (χ4v) is 5.87. The van der Waals surface area contributed by atoms with Gasteiger partial charge < -0.3 is 4.57 Å². The molecule has 0 aliphatic heterocycles. The van der Waals surface area contributed by atoms with Gasteiger partial charge in [0, 0.05) is 34.6 Å². The number of hydrogen-bond acceptors (Lipinski definition) is 5. The first-order chi connectivity index (χ1) is 16.2. The van der Waals surface area contributed by atoms with Crippen LogP contribution in [0.2, 0.25) is 0 Å². The van der Waals surface area contributed by atoms with E-state index in [1.165, 1.54) is 11.8 Å². The van der Waals surface area contributed by atoms with Gasteiger partial charge in [-0.25, -0.2) is 4.98 Å². The minimum Gasteiger partial charge on any atom is -0.318 e. The van der Waals surface area contributed by atoms with Crippen LogP contribution in [-0.2, 0) is 12.8 Å². The molecule has 2 heterocycles. The zero-order chi connectivity index (χ0) is 24.6. The number of para-hydroxylation sites is 1. The zero-order valence-electron chi connectivity index (χ0n) is 20.4. The van der Waals surface area contributed by atoms with Crippen molar-refractivity contribution in [2.45, 2.75) is 58.9 Å². The summed E-state index contributed by atoms with van der Waals surface area (Å²) in [6.07, 6.45) is 1.73. The van der Waals surface area contributed by atoms with Gasteiger partial charge in [-0.15, -0.1) is 0 Å². The smallest absolute Gasteiger partial charge is 0.174 e. The number of carbonyl (C=O) groups excluding carboxylic acids is 2. The average molecular weight is 472 g/mol. The molecule has 0 N–H and O–H groups in total. The Morgan fingerprint density at radius 2 is 1.91 bits per heavy atom. The largest absolute Gasteiger partial charge is 0.318 e. The molecule has 0 saturated heterocycles. The first-order valence-electron chi connectivity index (χ1n) is 11.6. The fourth-order valence-electron chi connectivity index (χ4n) is 4.96. The molecule has 4 rings (SSSR count). The Hall–Kier alpha value is -3.17. The zero-order valence-corrected chi connectivity index (χ0v) is 21.2. The van der Waals surface area contributed by atoms with Crippen LogP contribution in [0.5, 0.6) is 0 Å². The highest BCUT2D eigenvalue weighted by molar-refractivity contribution is 8.00. The molecule has 0 radical (unpaired) electrons. The van der Waals surface area contributed by atoms with E-state index in [1.807, 2.05) is 57.2 Å². The van der Waals surface area contributed by atoms with Gasteiger partial charge >= 0.3 is 0 Å². The molecule has 34 heavy (non-hydrogen) atoms. The van der Waals surface area contributed by atoms with Crippen molar-refractivity contribution < 1.29 is 9.59 Å². The lowest BCUT2D eigenvalue weighted by molar-refractivity contribution is 0.0907. The number of carbonyl (C=O) groups is 2. The molecule has 0 unspecified atom stereocenters. The van der Waals surface area contributed by atoms with E-state index < -0.39 is 0 Å².